The summed E-state index contributed by atoms with van der Waals surface area (Å²) < 4.78 is 4.16. The molecule has 1 aliphatic rings. The average Bonchev–Trinajstić information content (AvgIpc) is 3.21. The van der Waals surface area contributed by atoms with Gasteiger partial charge in [-0.2, -0.15) is 0 Å². The molecule has 1 N–H and O–H groups in total. The predicted octanol–water partition coefficient (Wildman–Crippen LogP) is 2.50. The minimum absolute atomic E-state index is 0.0844. The second-order valence-corrected chi connectivity index (χ2v) is 7.33. The Kier molecular flexibility index (Phi) is 4.51. The Morgan fingerprint density at radius 3 is 2.88 bits per heavy atom. The van der Waals surface area contributed by atoms with E-state index < -0.39 is 0 Å². The maximum Gasteiger partial charge on any atom is 0.272 e. The number of nitrogens with zero attached hydrogens (tertiary/aromatic N) is 4. The first-order valence-electron chi connectivity index (χ1n) is 9.18. The zero-order chi connectivity index (χ0) is 18.1. The Bertz CT molecular complexity index is 919. The van der Waals surface area contributed by atoms with Gasteiger partial charge in [0.05, 0.1) is 5.52 Å². The number of imidazole rings is 1. The largest absolute Gasteiger partial charge is 0.352 e. The normalized spacial score (nSPS) is 14.3. The van der Waals surface area contributed by atoms with Crippen molar-refractivity contribution in [3.63, 3.8) is 0 Å². The highest BCUT2D eigenvalue weighted by Crippen LogP contribution is 2.28. The van der Waals surface area contributed by atoms with Crippen LogP contribution < -0.4 is 5.32 Å². The summed E-state index contributed by atoms with van der Waals surface area (Å²) in [6.07, 6.45) is 8.56. The molecule has 0 bridgehead atoms. The van der Waals surface area contributed by atoms with Crippen LogP contribution in [0.3, 0.4) is 0 Å². The van der Waals surface area contributed by atoms with Crippen LogP contribution in [-0.2, 0) is 6.54 Å². The lowest BCUT2D eigenvalue weighted by atomic mass is 10.3. The first-order valence-corrected chi connectivity index (χ1v) is 9.18. The molecule has 26 heavy (non-hydrogen) atoms. The fraction of sp³-hybridized carbons (Fsp3) is 0.400. The monoisotopic (exact) mass is 351 g/mol. The number of fused-ring (bicyclic) bond motifs is 1. The number of amides is 1. The highest BCUT2D eigenvalue weighted by molar-refractivity contribution is 6.00. The van der Waals surface area contributed by atoms with Crippen LogP contribution in [0.2, 0.25) is 0 Å². The van der Waals surface area contributed by atoms with Crippen molar-refractivity contribution >= 4 is 11.4 Å². The van der Waals surface area contributed by atoms with E-state index in [1.807, 2.05) is 28.8 Å². The van der Waals surface area contributed by atoms with Gasteiger partial charge >= 0.3 is 0 Å². The minimum Gasteiger partial charge on any atom is -0.352 e. The maximum absolute atomic E-state index is 12.6. The molecule has 0 saturated heterocycles. The molecular formula is C20H25N5O. The smallest absolute Gasteiger partial charge is 0.272 e. The van der Waals surface area contributed by atoms with Gasteiger partial charge in [0.1, 0.15) is 5.82 Å². The van der Waals surface area contributed by atoms with E-state index in [0.29, 0.717) is 11.6 Å². The molecule has 1 aliphatic carbocycles. The van der Waals surface area contributed by atoms with E-state index in [1.54, 1.807) is 0 Å². The number of likely N-dealkylation sites (N-methyl/N-ethyl adjacent to an activating group) is 1. The SMILES string of the molecule is CN(C)CCn1ccc(-c2nc(C(=O)NCC3CC3)c3ccccn23)c1. The van der Waals surface area contributed by atoms with Gasteiger partial charge in [-0.3, -0.25) is 9.20 Å². The van der Waals surface area contributed by atoms with Gasteiger partial charge in [-0.25, -0.2) is 4.98 Å². The Labute approximate surface area is 153 Å². The Morgan fingerprint density at radius 2 is 2.12 bits per heavy atom. The summed E-state index contributed by atoms with van der Waals surface area (Å²) in [4.78, 5) is 19.5. The molecular weight excluding hydrogens is 326 g/mol. The van der Waals surface area contributed by atoms with Crippen molar-refractivity contribution in [3.8, 4) is 11.4 Å². The van der Waals surface area contributed by atoms with Crippen LogP contribution in [0, 0.1) is 5.92 Å². The highest BCUT2D eigenvalue weighted by Gasteiger charge is 2.24. The van der Waals surface area contributed by atoms with Crippen LogP contribution in [0.15, 0.2) is 42.9 Å². The van der Waals surface area contributed by atoms with Crippen molar-refractivity contribution < 1.29 is 4.79 Å². The van der Waals surface area contributed by atoms with Gasteiger partial charge < -0.3 is 14.8 Å². The number of rotatable bonds is 7. The van der Waals surface area contributed by atoms with Crippen molar-refractivity contribution in [1.29, 1.82) is 0 Å². The predicted molar refractivity (Wildman–Crippen MR) is 102 cm³/mol. The second-order valence-electron chi connectivity index (χ2n) is 7.33. The van der Waals surface area contributed by atoms with Gasteiger partial charge in [-0.15, -0.1) is 0 Å². The lowest BCUT2D eigenvalue weighted by molar-refractivity contribution is 0.0949. The number of hydrogen-bond donors (Lipinski definition) is 1. The van der Waals surface area contributed by atoms with Crippen molar-refractivity contribution in [2.75, 3.05) is 27.2 Å². The van der Waals surface area contributed by atoms with Gasteiger partial charge in [0, 0.05) is 43.8 Å². The standard InChI is InChI=1S/C20H25N5O/c1-23(2)11-12-24-10-8-16(14-24)19-22-18(17-5-3-4-9-25(17)19)20(26)21-13-15-6-7-15/h3-5,8-10,14-15H,6-7,11-13H2,1-2H3,(H,21,26). The molecule has 0 atom stereocenters. The topological polar surface area (TPSA) is 54.6 Å². The number of aromatic nitrogens is 3. The van der Waals surface area contributed by atoms with E-state index in [4.69, 9.17) is 4.98 Å². The average molecular weight is 351 g/mol. The van der Waals surface area contributed by atoms with E-state index >= 15 is 0 Å². The number of carbonyl (C=O) groups excluding carboxylic acids is 1. The summed E-state index contributed by atoms with van der Waals surface area (Å²) in [5, 5.41) is 3.03. The summed E-state index contributed by atoms with van der Waals surface area (Å²) in [6, 6.07) is 7.92. The van der Waals surface area contributed by atoms with Crippen molar-refractivity contribution in [2.24, 2.45) is 5.92 Å². The number of pyridine rings is 1. The van der Waals surface area contributed by atoms with E-state index in [-0.39, 0.29) is 5.91 Å². The second kappa shape index (κ2) is 6.96. The molecule has 0 radical (unpaired) electrons. The number of hydrogen-bond acceptors (Lipinski definition) is 3. The quantitative estimate of drug-likeness (QED) is 0.712. The Morgan fingerprint density at radius 1 is 1.27 bits per heavy atom. The van der Waals surface area contributed by atoms with Crippen LogP contribution in [0.25, 0.3) is 16.9 Å². The van der Waals surface area contributed by atoms with Gasteiger partial charge in [0.15, 0.2) is 5.69 Å². The minimum atomic E-state index is -0.0844. The van der Waals surface area contributed by atoms with Crippen LogP contribution in [0.1, 0.15) is 23.3 Å². The van der Waals surface area contributed by atoms with E-state index in [9.17, 15) is 4.79 Å². The molecule has 0 spiro atoms. The molecule has 1 fully saturated rings. The van der Waals surface area contributed by atoms with Crippen molar-refractivity contribution in [3.05, 3.63) is 48.5 Å². The molecule has 1 amide bonds. The van der Waals surface area contributed by atoms with Crippen LogP contribution in [0.5, 0.6) is 0 Å². The van der Waals surface area contributed by atoms with Crippen LogP contribution in [-0.4, -0.2) is 51.9 Å². The highest BCUT2D eigenvalue weighted by atomic mass is 16.1. The Balaban J connectivity index is 1.63. The van der Waals surface area contributed by atoms with E-state index in [2.05, 4.69) is 47.3 Å². The third-order valence-electron chi connectivity index (χ3n) is 4.83. The summed E-state index contributed by atoms with van der Waals surface area (Å²) >= 11 is 0. The van der Waals surface area contributed by atoms with Gasteiger partial charge in [-0.05, 0) is 51.1 Å². The zero-order valence-electron chi connectivity index (χ0n) is 15.4. The molecule has 1 saturated carbocycles. The summed E-state index contributed by atoms with van der Waals surface area (Å²) in [6.45, 7) is 2.65. The van der Waals surface area contributed by atoms with Crippen molar-refractivity contribution in [2.45, 2.75) is 19.4 Å². The van der Waals surface area contributed by atoms with Gasteiger partial charge in [-0.1, -0.05) is 6.07 Å². The third-order valence-corrected chi connectivity index (χ3v) is 4.83. The molecule has 6 heteroatoms. The third kappa shape index (κ3) is 3.51. The molecule has 3 aromatic rings. The van der Waals surface area contributed by atoms with Gasteiger partial charge in [0.25, 0.3) is 5.91 Å². The van der Waals surface area contributed by atoms with E-state index in [1.165, 1.54) is 12.8 Å². The number of nitrogens with one attached hydrogen (secondary N) is 1. The first kappa shape index (κ1) is 16.8. The first-order chi connectivity index (χ1) is 12.6. The molecule has 3 heterocycles. The van der Waals surface area contributed by atoms with Gasteiger partial charge in [0.2, 0.25) is 0 Å². The molecule has 4 rings (SSSR count). The van der Waals surface area contributed by atoms with Crippen molar-refractivity contribution in [1.82, 2.24) is 24.2 Å². The molecule has 6 nitrogen and oxygen atoms in total. The lowest BCUT2D eigenvalue weighted by Crippen LogP contribution is -2.26. The number of carbonyl (C=O) groups is 1. The maximum atomic E-state index is 12.6. The zero-order valence-corrected chi connectivity index (χ0v) is 15.4. The molecule has 3 aromatic heterocycles. The summed E-state index contributed by atoms with van der Waals surface area (Å²) in [5.41, 5.74) is 2.37. The van der Waals surface area contributed by atoms with Crippen LogP contribution in [0.4, 0.5) is 0 Å². The van der Waals surface area contributed by atoms with E-state index in [0.717, 1.165) is 36.5 Å². The lowest BCUT2D eigenvalue weighted by Gasteiger charge is -2.09. The molecule has 0 unspecified atom stereocenters. The molecule has 0 aromatic carbocycles. The fourth-order valence-electron chi connectivity index (χ4n) is 3.08. The summed E-state index contributed by atoms with van der Waals surface area (Å²) in [5.74, 6) is 1.37. The van der Waals surface area contributed by atoms with Crippen LogP contribution >= 0.6 is 0 Å². The fourth-order valence-corrected chi connectivity index (χ4v) is 3.08. The Hall–Kier alpha value is -2.60. The summed E-state index contributed by atoms with van der Waals surface area (Å²) in [7, 11) is 4.14. The molecule has 0 aliphatic heterocycles. The molecule has 136 valence electrons.